The van der Waals surface area contributed by atoms with Crippen LogP contribution in [0.2, 0.25) is 0 Å². The third-order valence-electron chi connectivity index (χ3n) is 5.13. The van der Waals surface area contributed by atoms with Crippen LogP contribution in [0.25, 0.3) is 0 Å². The maximum Gasteiger partial charge on any atom is 0.471 e. The number of thiophene rings is 1. The molecule has 3 amide bonds. The van der Waals surface area contributed by atoms with Crippen LogP contribution < -0.4 is 10.6 Å². The molecule has 3 N–H and O–H groups in total. The summed E-state index contributed by atoms with van der Waals surface area (Å²) >= 11 is 1.43. The Balaban J connectivity index is 1.52. The van der Waals surface area contributed by atoms with Gasteiger partial charge in [-0.05, 0) is 37.6 Å². The predicted molar refractivity (Wildman–Crippen MR) is 119 cm³/mol. The molecule has 1 atom stereocenters. The SMILES string of the molecule is Cc1ccc(C(=O)N2CCOCC2CCNC(=O)c2ccc(C(=N)NC(=O)C(F)(F)F)cc2)s1. The van der Waals surface area contributed by atoms with Crippen LogP contribution >= 0.6 is 11.3 Å². The molecule has 2 aromatic rings. The minimum Gasteiger partial charge on any atom is -0.377 e. The third-order valence-corrected chi connectivity index (χ3v) is 6.12. The quantitative estimate of drug-likeness (QED) is 0.422. The summed E-state index contributed by atoms with van der Waals surface area (Å²) in [6, 6.07) is 8.73. The molecule has 8 nitrogen and oxygen atoms in total. The van der Waals surface area contributed by atoms with E-state index in [0.717, 1.165) is 4.88 Å². The topological polar surface area (TPSA) is 112 Å². The Morgan fingerprint density at radius 3 is 2.44 bits per heavy atom. The molecule has 1 unspecified atom stereocenters. The van der Waals surface area contributed by atoms with Crippen LogP contribution in [0.3, 0.4) is 0 Å². The highest BCUT2D eigenvalue weighted by Crippen LogP contribution is 2.21. The van der Waals surface area contributed by atoms with Crippen LogP contribution in [-0.4, -0.2) is 67.0 Å². The Bertz CT molecular complexity index is 1070. The lowest BCUT2D eigenvalue weighted by Crippen LogP contribution is -2.49. The van der Waals surface area contributed by atoms with E-state index in [4.69, 9.17) is 10.1 Å². The van der Waals surface area contributed by atoms with E-state index >= 15 is 0 Å². The monoisotopic (exact) mass is 496 g/mol. The Labute approximate surface area is 197 Å². The fourth-order valence-corrected chi connectivity index (χ4v) is 4.18. The van der Waals surface area contributed by atoms with Gasteiger partial charge in [0.2, 0.25) is 0 Å². The number of hydrogen-bond donors (Lipinski definition) is 3. The van der Waals surface area contributed by atoms with Gasteiger partial charge in [0.25, 0.3) is 11.8 Å². The van der Waals surface area contributed by atoms with Gasteiger partial charge in [0.15, 0.2) is 0 Å². The predicted octanol–water partition coefficient (Wildman–Crippen LogP) is 2.72. The molecule has 1 aromatic heterocycles. The average Bonchev–Trinajstić information content (AvgIpc) is 3.24. The normalized spacial score (nSPS) is 16.1. The molecule has 3 rings (SSSR count). The lowest BCUT2D eigenvalue weighted by molar-refractivity contribution is -0.171. The average molecular weight is 497 g/mol. The van der Waals surface area contributed by atoms with Crippen molar-refractivity contribution in [2.24, 2.45) is 0 Å². The van der Waals surface area contributed by atoms with Gasteiger partial charge in [-0.3, -0.25) is 19.8 Å². The van der Waals surface area contributed by atoms with Crippen molar-refractivity contribution in [3.8, 4) is 0 Å². The Morgan fingerprint density at radius 2 is 1.82 bits per heavy atom. The zero-order valence-corrected chi connectivity index (χ0v) is 19.0. The van der Waals surface area contributed by atoms with E-state index in [1.165, 1.54) is 40.9 Å². The van der Waals surface area contributed by atoms with Gasteiger partial charge in [-0.25, -0.2) is 0 Å². The number of nitrogens with zero attached hydrogens (tertiary/aromatic N) is 1. The summed E-state index contributed by atoms with van der Waals surface area (Å²) in [6.45, 7) is 3.49. The molecule has 0 aliphatic carbocycles. The summed E-state index contributed by atoms with van der Waals surface area (Å²) in [5, 5.41) is 11.8. The number of ether oxygens (including phenoxy) is 1. The first kappa shape index (κ1) is 25.4. The van der Waals surface area contributed by atoms with Crippen molar-refractivity contribution in [2.75, 3.05) is 26.3 Å². The zero-order valence-electron chi connectivity index (χ0n) is 18.2. The Kier molecular flexibility index (Phi) is 8.05. The second-order valence-electron chi connectivity index (χ2n) is 7.59. The van der Waals surface area contributed by atoms with Crippen molar-refractivity contribution in [1.29, 1.82) is 5.41 Å². The van der Waals surface area contributed by atoms with Gasteiger partial charge in [0.05, 0.1) is 24.1 Å². The van der Waals surface area contributed by atoms with Crippen molar-refractivity contribution < 1.29 is 32.3 Å². The lowest BCUT2D eigenvalue weighted by atomic mass is 10.1. The van der Waals surface area contributed by atoms with E-state index in [2.05, 4.69) is 5.32 Å². The molecule has 182 valence electrons. The number of morpholine rings is 1. The number of amides is 3. The van der Waals surface area contributed by atoms with Gasteiger partial charge in [-0.15, -0.1) is 11.3 Å². The second-order valence-corrected chi connectivity index (χ2v) is 8.87. The minimum atomic E-state index is -5.10. The number of benzene rings is 1. The number of aryl methyl sites for hydroxylation is 1. The molecule has 34 heavy (non-hydrogen) atoms. The number of amidine groups is 1. The van der Waals surface area contributed by atoms with Crippen molar-refractivity contribution in [2.45, 2.75) is 25.6 Å². The van der Waals surface area contributed by atoms with Crippen LogP contribution in [0.5, 0.6) is 0 Å². The van der Waals surface area contributed by atoms with E-state index in [1.807, 2.05) is 13.0 Å². The Hall–Kier alpha value is -3.25. The van der Waals surface area contributed by atoms with Gasteiger partial charge in [-0.2, -0.15) is 13.2 Å². The third kappa shape index (κ3) is 6.41. The molecule has 1 aromatic carbocycles. The van der Waals surface area contributed by atoms with Gasteiger partial charge in [0, 0.05) is 29.1 Å². The van der Waals surface area contributed by atoms with E-state index in [0.29, 0.717) is 31.1 Å². The van der Waals surface area contributed by atoms with E-state index in [-0.39, 0.29) is 29.6 Å². The maximum atomic E-state index is 12.8. The molecule has 0 saturated carbocycles. The summed E-state index contributed by atoms with van der Waals surface area (Å²) in [5.74, 6) is -3.45. The lowest BCUT2D eigenvalue weighted by Gasteiger charge is -2.35. The standard InChI is InChI=1S/C22H23F3N4O4S/c1-13-2-7-17(34-13)20(31)29-10-11-33-12-16(29)8-9-27-19(30)15-5-3-14(4-6-15)18(26)28-21(32)22(23,24)25/h2-7,16H,8-12H2,1H3,(H,27,30)(H2,26,28,32). The van der Waals surface area contributed by atoms with Crippen LogP contribution in [0.15, 0.2) is 36.4 Å². The van der Waals surface area contributed by atoms with Crippen molar-refractivity contribution >= 4 is 34.9 Å². The molecule has 1 fully saturated rings. The number of rotatable bonds is 6. The number of carbonyl (C=O) groups is 3. The molecular weight excluding hydrogens is 473 g/mol. The minimum absolute atomic E-state index is 0.0199. The van der Waals surface area contributed by atoms with Gasteiger partial charge in [0.1, 0.15) is 5.84 Å². The van der Waals surface area contributed by atoms with Crippen LogP contribution in [0, 0.1) is 12.3 Å². The molecule has 1 aliphatic rings. The molecule has 1 aliphatic heterocycles. The van der Waals surface area contributed by atoms with Gasteiger partial charge >= 0.3 is 12.1 Å². The molecule has 2 heterocycles. The van der Waals surface area contributed by atoms with Crippen molar-refractivity contribution in [3.63, 3.8) is 0 Å². The Morgan fingerprint density at radius 1 is 1.15 bits per heavy atom. The van der Waals surface area contributed by atoms with Crippen LogP contribution in [0.1, 0.15) is 36.9 Å². The molecule has 0 radical (unpaired) electrons. The smallest absolute Gasteiger partial charge is 0.377 e. The first-order chi connectivity index (χ1) is 16.1. The first-order valence-corrected chi connectivity index (χ1v) is 11.2. The fourth-order valence-electron chi connectivity index (χ4n) is 3.35. The zero-order chi connectivity index (χ0) is 24.9. The number of halogens is 3. The van der Waals surface area contributed by atoms with E-state index in [1.54, 1.807) is 11.0 Å². The molecule has 12 heteroatoms. The summed E-state index contributed by atoms with van der Waals surface area (Å²) in [6.07, 6.45) is -4.62. The van der Waals surface area contributed by atoms with Crippen LogP contribution in [-0.2, 0) is 9.53 Å². The molecule has 1 saturated heterocycles. The van der Waals surface area contributed by atoms with Crippen LogP contribution in [0.4, 0.5) is 13.2 Å². The first-order valence-electron chi connectivity index (χ1n) is 10.4. The highest BCUT2D eigenvalue weighted by Gasteiger charge is 2.39. The molecule has 0 spiro atoms. The largest absolute Gasteiger partial charge is 0.471 e. The highest BCUT2D eigenvalue weighted by atomic mass is 32.1. The summed E-state index contributed by atoms with van der Waals surface area (Å²) in [7, 11) is 0. The number of nitrogens with one attached hydrogen (secondary N) is 3. The number of alkyl halides is 3. The van der Waals surface area contributed by atoms with E-state index in [9.17, 15) is 27.6 Å². The summed E-state index contributed by atoms with van der Waals surface area (Å²) in [4.78, 5) is 39.7. The summed E-state index contributed by atoms with van der Waals surface area (Å²) < 4.78 is 42.4. The fraction of sp³-hybridized carbons (Fsp3) is 0.364. The number of carbonyl (C=O) groups excluding carboxylic acids is 3. The van der Waals surface area contributed by atoms with Crippen molar-refractivity contribution in [3.05, 3.63) is 57.3 Å². The van der Waals surface area contributed by atoms with Gasteiger partial charge in [-0.1, -0.05) is 12.1 Å². The summed E-state index contributed by atoms with van der Waals surface area (Å²) in [5.41, 5.74) is 0.257. The molecular formula is C22H23F3N4O4S. The highest BCUT2D eigenvalue weighted by molar-refractivity contribution is 7.13. The maximum absolute atomic E-state index is 12.8. The van der Waals surface area contributed by atoms with Crippen molar-refractivity contribution in [1.82, 2.24) is 15.5 Å². The van der Waals surface area contributed by atoms with Gasteiger partial charge < -0.3 is 20.3 Å². The van der Waals surface area contributed by atoms with E-state index < -0.39 is 23.8 Å². The second kappa shape index (κ2) is 10.8. The molecule has 0 bridgehead atoms. The number of hydrogen-bond acceptors (Lipinski definition) is 6.